The van der Waals surface area contributed by atoms with Crippen LogP contribution in [0.2, 0.25) is 0 Å². The largest absolute Gasteiger partial charge is 0.457 e. The number of ether oxygens (including phenoxy) is 2. The molecule has 192 valence electrons. The molecule has 0 spiro atoms. The molecular weight excluding hydrogens is 473 g/mol. The molecule has 1 N–H and O–H groups in total. The molecule has 0 radical (unpaired) electrons. The first-order valence-electron chi connectivity index (χ1n) is 12.5. The Hall–Kier alpha value is -3.82. The number of halogens is 1. The Balaban J connectivity index is 1.21. The van der Waals surface area contributed by atoms with Crippen LogP contribution in [-0.2, 0) is 11.8 Å². The van der Waals surface area contributed by atoms with E-state index in [1.807, 2.05) is 29.8 Å². The second kappa shape index (κ2) is 11.5. The molecule has 1 fully saturated rings. The lowest BCUT2D eigenvalue weighted by Crippen LogP contribution is -2.36. The van der Waals surface area contributed by atoms with Gasteiger partial charge in [0.2, 0.25) is 5.95 Å². The van der Waals surface area contributed by atoms with E-state index in [4.69, 9.17) is 9.47 Å². The number of hydrogen-bond acceptors (Lipinski definition) is 7. The third-order valence-corrected chi connectivity index (χ3v) is 6.46. The number of anilines is 2. The number of carbonyl (C=O) groups excluding carboxylic acids is 1. The zero-order valence-corrected chi connectivity index (χ0v) is 20.8. The minimum Gasteiger partial charge on any atom is -0.457 e. The van der Waals surface area contributed by atoms with E-state index in [9.17, 15) is 9.18 Å². The monoisotopic (exact) mass is 503 g/mol. The Bertz CT molecular complexity index is 1380. The number of pyridine rings is 1. The Morgan fingerprint density at radius 3 is 2.73 bits per heavy atom. The first kappa shape index (κ1) is 24.9. The SMILES string of the molecule is Cn1c(Nc2ccccc2F)nc2cc(Oc3ccnc(C(=O)CCCCN4CCOCC4)c3)ccc21. The van der Waals surface area contributed by atoms with E-state index >= 15 is 0 Å². The number of carbonyl (C=O) groups is 1. The van der Waals surface area contributed by atoms with E-state index in [0.717, 1.165) is 51.2 Å². The molecule has 1 aliphatic rings. The van der Waals surface area contributed by atoms with Crippen molar-refractivity contribution in [2.45, 2.75) is 19.3 Å². The molecule has 5 rings (SSSR count). The van der Waals surface area contributed by atoms with Gasteiger partial charge in [-0.05, 0) is 49.7 Å². The number of fused-ring (bicyclic) bond motifs is 1. The van der Waals surface area contributed by atoms with Gasteiger partial charge in [-0.25, -0.2) is 9.37 Å². The number of Topliss-reactive ketones (excluding diaryl/α,β-unsaturated/α-hetero) is 1. The number of ketones is 1. The minimum absolute atomic E-state index is 0.0106. The lowest BCUT2D eigenvalue weighted by atomic mass is 10.1. The number of para-hydroxylation sites is 1. The molecule has 0 unspecified atom stereocenters. The van der Waals surface area contributed by atoms with E-state index < -0.39 is 0 Å². The van der Waals surface area contributed by atoms with Crippen LogP contribution in [0.5, 0.6) is 11.5 Å². The second-order valence-corrected chi connectivity index (χ2v) is 9.06. The third-order valence-electron chi connectivity index (χ3n) is 6.46. The Morgan fingerprint density at radius 2 is 1.89 bits per heavy atom. The molecule has 4 aromatic rings. The van der Waals surface area contributed by atoms with Gasteiger partial charge in [-0.3, -0.25) is 14.7 Å². The van der Waals surface area contributed by atoms with Crippen LogP contribution < -0.4 is 10.1 Å². The van der Waals surface area contributed by atoms with Crippen molar-refractivity contribution in [3.63, 3.8) is 0 Å². The van der Waals surface area contributed by atoms with Crippen molar-refractivity contribution in [1.82, 2.24) is 19.4 Å². The van der Waals surface area contributed by atoms with E-state index in [2.05, 4.69) is 20.2 Å². The van der Waals surface area contributed by atoms with Crippen LogP contribution in [0.25, 0.3) is 11.0 Å². The van der Waals surface area contributed by atoms with Crippen molar-refractivity contribution in [3.8, 4) is 11.5 Å². The Morgan fingerprint density at radius 1 is 1.08 bits per heavy atom. The molecule has 2 aromatic carbocycles. The third kappa shape index (κ3) is 6.12. The maximum absolute atomic E-state index is 14.1. The normalized spacial score (nSPS) is 14.1. The van der Waals surface area contributed by atoms with Gasteiger partial charge in [0.25, 0.3) is 0 Å². The number of nitrogens with one attached hydrogen (secondary N) is 1. The van der Waals surface area contributed by atoms with E-state index in [1.165, 1.54) is 6.07 Å². The second-order valence-electron chi connectivity index (χ2n) is 9.06. The molecule has 0 atom stereocenters. The average molecular weight is 504 g/mol. The molecule has 2 aromatic heterocycles. The molecular formula is C28H30FN5O3. The molecule has 37 heavy (non-hydrogen) atoms. The van der Waals surface area contributed by atoms with Crippen LogP contribution in [-0.4, -0.2) is 58.1 Å². The lowest BCUT2D eigenvalue weighted by Gasteiger charge is -2.26. The highest BCUT2D eigenvalue weighted by Crippen LogP contribution is 2.29. The molecule has 1 aliphatic heterocycles. The molecule has 0 amide bonds. The number of hydrogen-bond donors (Lipinski definition) is 1. The van der Waals surface area contributed by atoms with Crippen LogP contribution in [0.1, 0.15) is 29.8 Å². The van der Waals surface area contributed by atoms with Gasteiger partial charge in [-0.2, -0.15) is 0 Å². The summed E-state index contributed by atoms with van der Waals surface area (Å²) in [4.78, 5) is 23.9. The number of benzene rings is 2. The zero-order chi connectivity index (χ0) is 25.6. The first-order valence-corrected chi connectivity index (χ1v) is 12.5. The van der Waals surface area contributed by atoms with Crippen molar-refractivity contribution in [2.24, 2.45) is 7.05 Å². The van der Waals surface area contributed by atoms with Crippen LogP contribution >= 0.6 is 0 Å². The maximum Gasteiger partial charge on any atom is 0.208 e. The highest BCUT2D eigenvalue weighted by Gasteiger charge is 2.14. The van der Waals surface area contributed by atoms with E-state index in [0.29, 0.717) is 40.8 Å². The molecule has 9 heteroatoms. The highest BCUT2D eigenvalue weighted by atomic mass is 19.1. The fourth-order valence-corrected chi connectivity index (χ4v) is 4.37. The summed E-state index contributed by atoms with van der Waals surface area (Å²) in [5.74, 6) is 1.29. The van der Waals surface area contributed by atoms with Crippen molar-refractivity contribution in [2.75, 3.05) is 38.2 Å². The van der Waals surface area contributed by atoms with Crippen molar-refractivity contribution in [3.05, 3.63) is 72.3 Å². The van der Waals surface area contributed by atoms with Crippen molar-refractivity contribution >= 4 is 28.5 Å². The fraction of sp³-hybridized carbons (Fsp3) is 0.321. The van der Waals surface area contributed by atoms with Gasteiger partial charge in [0.15, 0.2) is 5.78 Å². The predicted molar refractivity (Wildman–Crippen MR) is 140 cm³/mol. The van der Waals surface area contributed by atoms with Gasteiger partial charge in [0.05, 0.1) is 29.9 Å². The summed E-state index contributed by atoms with van der Waals surface area (Å²) in [7, 11) is 1.86. The smallest absolute Gasteiger partial charge is 0.208 e. The summed E-state index contributed by atoms with van der Waals surface area (Å²) in [6, 6.07) is 15.4. The molecule has 0 aliphatic carbocycles. The van der Waals surface area contributed by atoms with Crippen molar-refractivity contribution < 1.29 is 18.7 Å². The van der Waals surface area contributed by atoms with Crippen LogP contribution in [0.15, 0.2) is 60.8 Å². The summed E-state index contributed by atoms with van der Waals surface area (Å²) in [5, 5.41) is 3.04. The van der Waals surface area contributed by atoms with Gasteiger partial charge < -0.3 is 19.4 Å². The van der Waals surface area contributed by atoms with Crippen LogP contribution in [0.4, 0.5) is 16.0 Å². The number of rotatable bonds is 10. The lowest BCUT2D eigenvalue weighted by molar-refractivity contribution is 0.0371. The molecule has 3 heterocycles. The number of nitrogens with zero attached hydrogens (tertiary/aromatic N) is 4. The van der Waals surface area contributed by atoms with Gasteiger partial charge in [-0.1, -0.05) is 12.1 Å². The molecule has 1 saturated heterocycles. The topological polar surface area (TPSA) is 81.5 Å². The summed E-state index contributed by atoms with van der Waals surface area (Å²) in [6.07, 6.45) is 3.84. The number of morpholine rings is 1. The first-order chi connectivity index (χ1) is 18.1. The average Bonchev–Trinajstić information content (AvgIpc) is 3.22. The van der Waals surface area contributed by atoms with Crippen LogP contribution in [0.3, 0.4) is 0 Å². The highest BCUT2D eigenvalue weighted by molar-refractivity contribution is 5.94. The van der Waals surface area contributed by atoms with Gasteiger partial charge >= 0.3 is 0 Å². The summed E-state index contributed by atoms with van der Waals surface area (Å²) >= 11 is 0. The van der Waals surface area contributed by atoms with Gasteiger partial charge in [-0.15, -0.1) is 0 Å². The van der Waals surface area contributed by atoms with Gasteiger partial charge in [0.1, 0.15) is 23.0 Å². The number of aromatic nitrogens is 3. The Labute approximate surface area is 215 Å². The minimum atomic E-state index is -0.348. The number of aryl methyl sites for hydroxylation is 1. The van der Waals surface area contributed by atoms with E-state index in [1.54, 1.807) is 36.5 Å². The maximum atomic E-state index is 14.1. The number of unbranched alkanes of at least 4 members (excludes halogenated alkanes) is 1. The molecule has 0 bridgehead atoms. The summed E-state index contributed by atoms with van der Waals surface area (Å²) < 4.78 is 27.3. The summed E-state index contributed by atoms with van der Waals surface area (Å²) in [6.45, 7) is 4.48. The standard InChI is InChI=1S/C28H30FN5O3/c1-33-26-10-9-20(18-24(26)32-28(33)31-23-7-3-2-6-22(23)29)37-21-11-12-30-25(19-21)27(35)8-4-5-13-34-14-16-36-17-15-34/h2-3,6-7,9-12,18-19H,4-5,8,13-17H2,1H3,(H,31,32). The van der Waals surface area contributed by atoms with E-state index in [-0.39, 0.29) is 11.6 Å². The van der Waals surface area contributed by atoms with Crippen molar-refractivity contribution in [1.29, 1.82) is 0 Å². The van der Waals surface area contributed by atoms with Gasteiger partial charge in [0, 0.05) is 44.9 Å². The molecule has 0 saturated carbocycles. The fourth-order valence-electron chi connectivity index (χ4n) is 4.37. The Kier molecular flexibility index (Phi) is 7.72. The molecule has 8 nitrogen and oxygen atoms in total. The van der Waals surface area contributed by atoms with Crippen LogP contribution in [0, 0.1) is 5.82 Å². The predicted octanol–water partition coefficient (Wildman–Crippen LogP) is 5.33. The number of imidazole rings is 1. The quantitative estimate of drug-likeness (QED) is 0.231. The zero-order valence-electron chi connectivity index (χ0n) is 20.8. The summed E-state index contributed by atoms with van der Waals surface area (Å²) in [5.41, 5.74) is 2.32.